The van der Waals surface area contributed by atoms with Gasteiger partial charge < -0.3 is 19.4 Å². The molecule has 2 heterocycles. The number of fused-ring (bicyclic) bond motifs is 1. The lowest BCUT2D eigenvalue weighted by atomic mass is 10.2. The SMILES string of the molecule is O=C(CCc1nc2cccnc2n1Cc1cccc(OC(F)(F)F)c1)NCc1cccc(OC(F)(F)F)c1. The van der Waals surface area contributed by atoms with Crippen LogP contribution in [-0.4, -0.2) is 33.2 Å². The normalized spacial score (nSPS) is 11.9. The third kappa shape index (κ3) is 7.60. The Morgan fingerprint density at radius 1 is 0.868 bits per heavy atom. The summed E-state index contributed by atoms with van der Waals surface area (Å²) in [6.45, 7) is 0.114. The maximum Gasteiger partial charge on any atom is 0.573 e. The number of alkyl halides is 6. The summed E-state index contributed by atoms with van der Waals surface area (Å²) in [5.74, 6) is -0.649. The van der Waals surface area contributed by atoms with Crippen molar-refractivity contribution in [2.75, 3.05) is 0 Å². The van der Waals surface area contributed by atoms with Crippen LogP contribution < -0.4 is 14.8 Å². The highest BCUT2D eigenvalue weighted by molar-refractivity contribution is 5.76. The van der Waals surface area contributed by atoms with E-state index in [0.717, 1.165) is 6.07 Å². The minimum absolute atomic E-state index is 0.000706. The highest BCUT2D eigenvalue weighted by Crippen LogP contribution is 2.25. The average molecular weight is 538 g/mol. The average Bonchev–Trinajstić information content (AvgIpc) is 3.17. The summed E-state index contributed by atoms with van der Waals surface area (Å²) >= 11 is 0. The van der Waals surface area contributed by atoms with Crippen LogP contribution in [0, 0.1) is 0 Å². The van der Waals surface area contributed by atoms with E-state index in [1.807, 2.05) is 0 Å². The van der Waals surface area contributed by atoms with Crippen molar-refractivity contribution in [2.24, 2.45) is 0 Å². The zero-order valence-electron chi connectivity index (χ0n) is 19.5. The summed E-state index contributed by atoms with van der Waals surface area (Å²) in [5.41, 5.74) is 1.96. The van der Waals surface area contributed by atoms with Crippen molar-refractivity contribution in [2.45, 2.75) is 38.7 Å². The molecule has 0 radical (unpaired) electrons. The molecule has 1 N–H and O–H groups in total. The lowest BCUT2D eigenvalue weighted by Crippen LogP contribution is -2.23. The number of hydrogen-bond acceptors (Lipinski definition) is 5. The minimum Gasteiger partial charge on any atom is -0.406 e. The van der Waals surface area contributed by atoms with Crippen LogP contribution in [0.1, 0.15) is 23.4 Å². The number of benzene rings is 2. The molecule has 0 fully saturated rings. The molecule has 7 nitrogen and oxygen atoms in total. The monoisotopic (exact) mass is 538 g/mol. The van der Waals surface area contributed by atoms with Crippen LogP contribution in [0.5, 0.6) is 11.5 Å². The molecule has 0 saturated carbocycles. The minimum atomic E-state index is -4.83. The summed E-state index contributed by atoms with van der Waals surface area (Å²) in [5, 5.41) is 2.64. The number of nitrogens with one attached hydrogen (secondary N) is 1. The first-order chi connectivity index (χ1) is 17.9. The fourth-order valence-electron chi connectivity index (χ4n) is 3.75. The molecule has 0 spiro atoms. The van der Waals surface area contributed by atoms with Crippen molar-refractivity contribution in [1.82, 2.24) is 19.9 Å². The molecule has 38 heavy (non-hydrogen) atoms. The second-order valence-electron chi connectivity index (χ2n) is 8.13. The summed E-state index contributed by atoms with van der Waals surface area (Å²) in [7, 11) is 0. The molecule has 0 aliphatic heterocycles. The number of imidazole rings is 1. The van der Waals surface area contributed by atoms with Crippen LogP contribution >= 0.6 is 0 Å². The van der Waals surface area contributed by atoms with Gasteiger partial charge in [-0.25, -0.2) is 9.97 Å². The van der Waals surface area contributed by atoms with Gasteiger partial charge in [0.15, 0.2) is 5.65 Å². The zero-order valence-corrected chi connectivity index (χ0v) is 19.5. The van der Waals surface area contributed by atoms with Crippen LogP contribution in [0.4, 0.5) is 26.3 Å². The van der Waals surface area contributed by atoms with Gasteiger partial charge >= 0.3 is 12.7 Å². The number of aromatic nitrogens is 3. The van der Waals surface area contributed by atoms with Crippen LogP contribution in [0.2, 0.25) is 0 Å². The van der Waals surface area contributed by atoms with Gasteiger partial charge in [0.2, 0.25) is 5.91 Å². The maximum atomic E-state index is 12.6. The van der Waals surface area contributed by atoms with Crippen molar-refractivity contribution in [3.8, 4) is 11.5 Å². The van der Waals surface area contributed by atoms with Gasteiger partial charge in [-0.3, -0.25) is 4.79 Å². The number of aryl methyl sites for hydroxylation is 1. The predicted molar refractivity (Wildman–Crippen MR) is 123 cm³/mol. The number of rotatable bonds is 9. The molecule has 0 unspecified atom stereocenters. The lowest BCUT2D eigenvalue weighted by Gasteiger charge is -2.12. The summed E-state index contributed by atoms with van der Waals surface area (Å²) in [6.07, 6.45) is -7.92. The Kier molecular flexibility index (Phi) is 7.74. The van der Waals surface area contributed by atoms with E-state index in [2.05, 4.69) is 24.8 Å². The Hall–Kier alpha value is -4.29. The van der Waals surface area contributed by atoms with Crippen molar-refractivity contribution in [1.29, 1.82) is 0 Å². The topological polar surface area (TPSA) is 78.3 Å². The molecule has 0 bridgehead atoms. The Balaban J connectivity index is 1.43. The molecule has 0 atom stereocenters. The van der Waals surface area contributed by atoms with Crippen LogP contribution in [0.3, 0.4) is 0 Å². The number of carbonyl (C=O) groups excluding carboxylic acids is 1. The largest absolute Gasteiger partial charge is 0.573 e. The molecular weight excluding hydrogens is 518 g/mol. The molecule has 200 valence electrons. The third-order valence-electron chi connectivity index (χ3n) is 5.25. The fourth-order valence-corrected chi connectivity index (χ4v) is 3.75. The van der Waals surface area contributed by atoms with Crippen LogP contribution in [-0.2, 0) is 24.3 Å². The predicted octanol–water partition coefficient (Wildman–Crippen LogP) is 5.53. The van der Waals surface area contributed by atoms with E-state index in [1.165, 1.54) is 30.3 Å². The molecule has 0 aliphatic carbocycles. The van der Waals surface area contributed by atoms with Crippen molar-refractivity contribution in [3.05, 3.63) is 83.8 Å². The second kappa shape index (κ2) is 11.0. The van der Waals surface area contributed by atoms with E-state index in [4.69, 9.17) is 0 Å². The highest BCUT2D eigenvalue weighted by atomic mass is 19.4. The number of hydrogen-bond donors (Lipinski definition) is 1. The van der Waals surface area contributed by atoms with Gasteiger partial charge in [0.1, 0.15) is 22.8 Å². The van der Waals surface area contributed by atoms with Crippen LogP contribution in [0.25, 0.3) is 11.2 Å². The summed E-state index contributed by atoms with van der Waals surface area (Å²) in [6, 6.07) is 14.2. The van der Waals surface area contributed by atoms with Crippen LogP contribution in [0.15, 0.2) is 66.9 Å². The number of amides is 1. The van der Waals surface area contributed by atoms with Crippen molar-refractivity contribution >= 4 is 17.1 Å². The number of nitrogens with zero attached hydrogens (tertiary/aromatic N) is 3. The Bertz CT molecular complexity index is 1420. The number of ether oxygens (including phenoxy) is 2. The van der Waals surface area contributed by atoms with E-state index < -0.39 is 18.5 Å². The summed E-state index contributed by atoms with van der Waals surface area (Å²) < 4.78 is 84.7. The van der Waals surface area contributed by atoms with Gasteiger partial charge in [0.25, 0.3) is 0 Å². The number of halogens is 6. The van der Waals surface area contributed by atoms with Gasteiger partial charge in [-0.15, -0.1) is 26.3 Å². The second-order valence-corrected chi connectivity index (χ2v) is 8.13. The lowest BCUT2D eigenvalue weighted by molar-refractivity contribution is -0.275. The number of carbonyl (C=O) groups is 1. The third-order valence-corrected chi connectivity index (χ3v) is 5.25. The molecule has 13 heteroatoms. The number of pyridine rings is 1. The Labute approximate surface area is 212 Å². The molecule has 0 saturated heterocycles. The van der Waals surface area contributed by atoms with E-state index in [9.17, 15) is 31.1 Å². The molecule has 2 aromatic heterocycles. The summed E-state index contributed by atoms with van der Waals surface area (Å²) in [4.78, 5) is 21.3. The molecular formula is C25H20F6N4O3. The Morgan fingerprint density at radius 2 is 1.50 bits per heavy atom. The van der Waals surface area contributed by atoms with E-state index in [0.29, 0.717) is 28.1 Å². The van der Waals surface area contributed by atoms with Gasteiger partial charge in [-0.05, 0) is 47.5 Å². The van der Waals surface area contributed by atoms with E-state index >= 15 is 0 Å². The Morgan fingerprint density at radius 3 is 2.16 bits per heavy atom. The molecule has 0 aliphatic rings. The molecule has 2 aromatic carbocycles. The van der Waals surface area contributed by atoms with Gasteiger partial charge in [-0.2, -0.15) is 0 Å². The standard InChI is InChI=1S/C25H20F6N4O3/c26-24(27,28)37-18-6-1-4-16(12-18)14-33-22(36)10-9-21-34-20-8-3-11-32-23(20)35(21)15-17-5-2-7-19(13-17)38-25(29,30)31/h1-8,11-13H,9-10,14-15H2,(H,33,36). The molecule has 1 amide bonds. The zero-order chi connectivity index (χ0) is 27.3. The van der Waals surface area contributed by atoms with Crippen molar-refractivity contribution in [3.63, 3.8) is 0 Å². The molecule has 4 aromatic rings. The fraction of sp³-hybridized carbons (Fsp3) is 0.240. The van der Waals surface area contributed by atoms with Gasteiger partial charge in [-0.1, -0.05) is 24.3 Å². The first-order valence-electron chi connectivity index (χ1n) is 11.2. The smallest absolute Gasteiger partial charge is 0.406 e. The maximum absolute atomic E-state index is 12.6. The highest BCUT2D eigenvalue weighted by Gasteiger charge is 2.31. The molecule has 4 rings (SSSR count). The van der Waals surface area contributed by atoms with Gasteiger partial charge in [0.05, 0.1) is 6.54 Å². The van der Waals surface area contributed by atoms with E-state index in [-0.39, 0.29) is 37.6 Å². The van der Waals surface area contributed by atoms with E-state index in [1.54, 1.807) is 35.0 Å². The van der Waals surface area contributed by atoms with Gasteiger partial charge in [0, 0.05) is 25.6 Å². The first kappa shape index (κ1) is 26.8. The first-order valence-corrected chi connectivity index (χ1v) is 11.2. The van der Waals surface area contributed by atoms with Crippen molar-refractivity contribution < 1.29 is 40.6 Å². The quantitative estimate of drug-likeness (QED) is 0.284.